The second kappa shape index (κ2) is 6.88. The number of unbranched alkanes of at least 4 members (excludes halogenated alkanes) is 1. The number of hydrogen-bond acceptors (Lipinski definition) is 3. The molecule has 3 aromatic carbocycles. The molecule has 0 fully saturated rings. The van der Waals surface area contributed by atoms with E-state index in [0.717, 1.165) is 34.4 Å². The van der Waals surface area contributed by atoms with Crippen molar-refractivity contribution in [1.82, 2.24) is 0 Å². The lowest BCUT2D eigenvalue weighted by atomic mass is 10.0. The van der Waals surface area contributed by atoms with Gasteiger partial charge in [-0.05, 0) is 35.4 Å². The number of carbonyl (C=O) groups is 1. The second-order valence-corrected chi connectivity index (χ2v) is 5.78. The molecule has 0 saturated heterocycles. The van der Waals surface area contributed by atoms with Crippen LogP contribution < -0.4 is 4.74 Å². The van der Waals surface area contributed by atoms with Crippen LogP contribution in [-0.2, 0) is 4.74 Å². The quantitative estimate of drug-likeness (QED) is 0.256. The molecular weight excluding hydrogens is 312 g/mol. The van der Waals surface area contributed by atoms with Gasteiger partial charge in [-0.25, -0.2) is 4.79 Å². The SMILES string of the molecule is CCCCOC(=O)Oc1c2ccccc2cc2ccc(Cl)cc12. The van der Waals surface area contributed by atoms with Crippen molar-refractivity contribution in [3.8, 4) is 5.75 Å². The van der Waals surface area contributed by atoms with Gasteiger partial charge in [0.2, 0.25) is 0 Å². The zero-order chi connectivity index (χ0) is 16.2. The van der Waals surface area contributed by atoms with E-state index in [9.17, 15) is 4.79 Å². The van der Waals surface area contributed by atoms with Crippen LogP contribution >= 0.6 is 11.6 Å². The first-order chi connectivity index (χ1) is 11.2. The van der Waals surface area contributed by atoms with Gasteiger partial charge >= 0.3 is 6.16 Å². The summed E-state index contributed by atoms with van der Waals surface area (Å²) in [5.74, 6) is 0.488. The van der Waals surface area contributed by atoms with Crippen LogP contribution in [0.4, 0.5) is 4.79 Å². The van der Waals surface area contributed by atoms with Crippen LogP contribution in [0, 0.1) is 0 Å². The summed E-state index contributed by atoms with van der Waals surface area (Å²) >= 11 is 6.11. The standard InChI is InChI=1S/C19H17ClO3/c1-2-3-10-22-19(21)23-18-16-7-5-4-6-13(16)11-14-8-9-15(20)12-17(14)18/h4-9,11-12H,2-3,10H2,1H3. The fraction of sp³-hybridized carbons (Fsp3) is 0.211. The number of hydrogen-bond donors (Lipinski definition) is 0. The summed E-state index contributed by atoms with van der Waals surface area (Å²) in [6, 6.07) is 15.4. The Kier molecular flexibility index (Phi) is 4.68. The van der Waals surface area contributed by atoms with Gasteiger partial charge in [-0.3, -0.25) is 0 Å². The normalized spacial score (nSPS) is 10.9. The van der Waals surface area contributed by atoms with Crippen LogP contribution in [0.25, 0.3) is 21.5 Å². The maximum atomic E-state index is 12.0. The first-order valence-electron chi connectivity index (χ1n) is 7.64. The Morgan fingerprint density at radius 2 is 1.83 bits per heavy atom. The molecule has 0 aliphatic heterocycles. The van der Waals surface area contributed by atoms with Gasteiger partial charge in [0.15, 0.2) is 0 Å². The van der Waals surface area contributed by atoms with Gasteiger partial charge in [-0.2, -0.15) is 0 Å². The third-order valence-electron chi connectivity index (χ3n) is 3.68. The number of fused-ring (bicyclic) bond motifs is 2. The van der Waals surface area contributed by atoms with Crippen molar-refractivity contribution >= 4 is 39.3 Å². The molecule has 0 bridgehead atoms. The summed E-state index contributed by atoms with van der Waals surface area (Å²) < 4.78 is 10.6. The Morgan fingerprint density at radius 1 is 1.04 bits per heavy atom. The van der Waals surface area contributed by atoms with Crippen molar-refractivity contribution in [1.29, 1.82) is 0 Å². The number of halogens is 1. The van der Waals surface area contributed by atoms with Crippen LogP contribution in [0.5, 0.6) is 5.75 Å². The molecular formula is C19H17ClO3. The van der Waals surface area contributed by atoms with Crippen molar-refractivity contribution in [3.63, 3.8) is 0 Å². The van der Waals surface area contributed by atoms with E-state index in [1.807, 2.05) is 43.3 Å². The molecule has 0 radical (unpaired) electrons. The Labute approximate surface area is 139 Å². The zero-order valence-electron chi connectivity index (χ0n) is 12.8. The monoisotopic (exact) mass is 328 g/mol. The molecule has 0 aliphatic carbocycles. The maximum absolute atomic E-state index is 12.0. The predicted octanol–water partition coefficient (Wildman–Crippen LogP) is 5.96. The van der Waals surface area contributed by atoms with Gasteiger partial charge in [-0.1, -0.05) is 55.3 Å². The molecule has 0 heterocycles. The van der Waals surface area contributed by atoms with Gasteiger partial charge in [0.1, 0.15) is 5.75 Å². The summed E-state index contributed by atoms with van der Waals surface area (Å²) in [6.45, 7) is 2.40. The smallest absolute Gasteiger partial charge is 0.434 e. The Bertz CT molecular complexity index is 858. The molecule has 3 nitrogen and oxygen atoms in total. The number of benzene rings is 3. The highest BCUT2D eigenvalue weighted by Gasteiger charge is 2.14. The van der Waals surface area contributed by atoms with Crippen LogP contribution in [0.3, 0.4) is 0 Å². The van der Waals surface area contributed by atoms with Crippen LogP contribution in [0.2, 0.25) is 5.02 Å². The third-order valence-corrected chi connectivity index (χ3v) is 3.91. The summed E-state index contributed by atoms with van der Waals surface area (Å²) in [5.41, 5.74) is 0. The highest BCUT2D eigenvalue weighted by molar-refractivity contribution is 6.31. The minimum absolute atomic E-state index is 0.360. The fourth-order valence-corrected chi connectivity index (χ4v) is 2.69. The van der Waals surface area contributed by atoms with E-state index in [-0.39, 0.29) is 0 Å². The molecule has 23 heavy (non-hydrogen) atoms. The first-order valence-corrected chi connectivity index (χ1v) is 8.02. The molecule has 4 heteroatoms. The van der Waals surface area contributed by atoms with E-state index in [1.54, 1.807) is 6.07 Å². The number of ether oxygens (including phenoxy) is 2. The molecule has 0 spiro atoms. The topological polar surface area (TPSA) is 35.5 Å². The van der Waals surface area contributed by atoms with E-state index in [1.165, 1.54) is 0 Å². The molecule has 0 N–H and O–H groups in total. The Morgan fingerprint density at radius 3 is 2.65 bits per heavy atom. The van der Waals surface area contributed by atoms with Crippen molar-refractivity contribution in [2.24, 2.45) is 0 Å². The van der Waals surface area contributed by atoms with E-state index in [2.05, 4.69) is 6.07 Å². The van der Waals surface area contributed by atoms with Gasteiger partial charge in [-0.15, -0.1) is 0 Å². The highest BCUT2D eigenvalue weighted by atomic mass is 35.5. The highest BCUT2D eigenvalue weighted by Crippen LogP contribution is 2.36. The predicted molar refractivity (Wildman–Crippen MR) is 93.3 cm³/mol. The molecule has 0 amide bonds. The molecule has 0 saturated carbocycles. The molecule has 3 aromatic rings. The van der Waals surface area contributed by atoms with Crippen molar-refractivity contribution in [3.05, 3.63) is 53.6 Å². The molecule has 0 unspecified atom stereocenters. The van der Waals surface area contributed by atoms with Gasteiger partial charge in [0, 0.05) is 15.8 Å². The summed E-state index contributed by atoms with van der Waals surface area (Å²) in [4.78, 5) is 12.0. The lowest BCUT2D eigenvalue weighted by Gasteiger charge is -2.12. The average Bonchev–Trinajstić information content (AvgIpc) is 2.55. The van der Waals surface area contributed by atoms with Crippen LogP contribution in [0.15, 0.2) is 48.5 Å². The maximum Gasteiger partial charge on any atom is 0.513 e. The minimum atomic E-state index is -0.684. The number of carbonyl (C=O) groups excluding carboxylic acids is 1. The van der Waals surface area contributed by atoms with Crippen molar-refractivity contribution < 1.29 is 14.3 Å². The molecule has 0 aliphatic rings. The third kappa shape index (κ3) is 3.40. The Balaban J connectivity index is 2.07. The lowest BCUT2D eigenvalue weighted by molar-refractivity contribution is 0.0988. The molecule has 0 aromatic heterocycles. The first kappa shape index (κ1) is 15.6. The number of rotatable bonds is 4. The largest absolute Gasteiger partial charge is 0.513 e. The van der Waals surface area contributed by atoms with E-state index in [4.69, 9.17) is 21.1 Å². The molecule has 0 atom stereocenters. The van der Waals surface area contributed by atoms with Crippen LogP contribution in [0.1, 0.15) is 19.8 Å². The summed E-state index contributed by atoms with van der Waals surface area (Å²) in [7, 11) is 0. The Hall–Kier alpha value is -2.26. The van der Waals surface area contributed by atoms with Crippen molar-refractivity contribution in [2.45, 2.75) is 19.8 Å². The lowest BCUT2D eigenvalue weighted by Crippen LogP contribution is -2.11. The van der Waals surface area contributed by atoms with Gasteiger partial charge in [0.05, 0.1) is 6.61 Å². The fourth-order valence-electron chi connectivity index (χ4n) is 2.52. The second-order valence-electron chi connectivity index (χ2n) is 5.35. The summed E-state index contributed by atoms with van der Waals surface area (Å²) in [5, 5.41) is 4.21. The van der Waals surface area contributed by atoms with E-state index in [0.29, 0.717) is 17.4 Å². The van der Waals surface area contributed by atoms with Crippen molar-refractivity contribution in [2.75, 3.05) is 6.61 Å². The molecule has 118 valence electrons. The molecule has 3 rings (SSSR count). The van der Waals surface area contributed by atoms with E-state index >= 15 is 0 Å². The zero-order valence-corrected chi connectivity index (χ0v) is 13.6. The van der Waals surface area contributed by atoms with Gasteiger partial charge < -0.3 is 9.47 Å². The van der Waals surface area contributed by atoms with Crippen LogP contribution in [-0.4, -0.2) is 12.8 Å². The minimum Gasteiger partial charge on any atom is -0.434 e. The average molecular weight is 329 g/mol. The summed E-state index contributed by atoms with van der Waals surface area (Å²) in [6.07, 6.45) is 1.09. The van der Waals surface area contributed by atoms with E-state index < -0.39 is 6.16 Å². The van der Waals surface area contributed by atoms with Gasteiger partial charge in [0.25, 0.3) is 0 Å².